The number of carbonyl (C=O) groups is 2. The second-order valence-corrected chi connectivity index (χ2v) is 7.35. The second kappa shape index (κ2) is 7.82. The molecule has 2 aromatic rings. The van der Waals surface area contributed by atoms with Crippen LogP contribution in [0.2, 0.25) is 0 Å². The standard InChI is InChI=1S/C22H24N2O3/c25-21(15-8-9-15)23-17-4-3-5-18(14-17)24-22(26)16-10-12-20(13-11-16)27-19-6-1-2-7-19/h3-5,10-15,19H,1-2,6-9H2,(H,23,25)(H,24,26). The van der Waals surface area contributed by atoms with Gasteiger partial charge in [-0.1, -0.05) is 6.07 Å². The van der Waals surface area contributed by atoms with Gasteiger partial charge in [-0.15, -0.1) is 0 Å². The SMILES string of the molecule is O=C(Nc1cccc(NC(=O)C2CC2)c1)c1ccc(OC2CCCC2)cc1. The zero-order chi connectivity index (χ0) is 18.6. The van der Waals surface area contributed by atoms with Gasteiger partial charge in [-0.25, -0.2) is 0 Å². The lowest BCUT2D eigenvalue weighted by atomic mass is 10.2. The van der Waals surface area contributed by atoms with Gasteiger partial charge in [0.05, 0.1) is 6.10 Å². The van der Waals surface area contributed by atoms with Crippen molar-refractivity contribution in [3.63, 3.8) is 0 Å². The van der Waals surface area contributed by atoms with Gasteiger partial charge in [0.2, 0.25) is 5.91 Å². The van der Waals surface area contributed by atoms with E-state index in [0.717, 1.165) is 31.4 Å². The molecular formula is C22H24N2O3. The fourth-order valence-corrected chi connectivity index (χ4v) is 3.35. The smallest absolute Gasteiger partial charge is 0.255 e. The number of amides is 2. The number of ether oxygens (including phenoxy) is 1. The van der Waals surface area contributed by atoms with Crippen molar-refractivity contribution < 1.29 is 14.3 Å². The molecule has 4 rings (SSSR count). The topological polar surface area (TPSA) is 67.4 Å². The summed E-state index contributed by atoms with van der Waals surface area (Å²) in [6.45, 7) is 0. The van der Waals surface area contributed by atoms with Crippen molar-refractivity contribution in [1.29, 1.82) is 0 Å². The molecule has 0 aromatic heterocycles. The summed E-state index contributed by atoms with van der Waals surface area (Å²) in [7, 11) is 0. The van der Waals surface area contributed by atoms with Crippen LogP contribution in [0.5, 0.6) is 5.75 Å². The van der Waals surface area contributed by atoms with Crippen LogP contribution in [0.25, 0.3) is 0 Å². The summed E-state index contributed by atoms with van der Waals surface area (Å²) in [5.74, 6) is 0.820. The minimum Gasteiger partial charge on any atom is -0.490 e. The molecule has 2 amide bonds. The maximum atomic E-state index is 12.5. The third kappa shape index (κ3) is 4.67. The molecular weight excluding hydrogens is 340 g/mol. The Kier molecular flexibility index (Phi) is 5.10. The molecule has 0 bridgehead atoms. The van der Waals surface area contributed by atoms with Gasteiger partial charge in [-0.05, 0) is 81.0 Å². The van der Waals surface area contributed by atoms with Crippen molar-refractivity contribution in [2.45, 2.75) is 44.6 Å². The van der Waals surface area contributed by atoms with E-state index < -0.39 is 0 Å². The van der Waals surface area contributed by atoms with Gasteiger partial charge in [0.25, 0.3) is 5.91 Å². The monoisotopic (exact) mass is 364 g/mol. The molecule has 5 nitrogen and oxygen atoms in total. The maximum Gasteiger partial charge on any atom is 0.255 e. The van der Waals surface area contributed by atoms with Crippen molar-refractivity contribution in [2.24, 2.45) is 5.92 Å². The Morgan fingerprint density at radius 3 is 2.19 bits per heavy atom. The average Bonchev–Trinajstić information content (AvgIpc) is 3.41. The van der Waals surface area contributed by atoms with Crippen LogP contribution < -0.4 is 15.4 Å². The van der Waals surface area contributed by atoms with E-state index in [1.165, 1.54) is 12.8 Å². The highest BCUT2D eigenvalue weighted by molar-refractivity contribution is 6.04. The molecule has 2 aliphatic rings. The van der Waals surface area contributed by atoms with E-state index in [1.54, 1.807) is 18.2 Å². The fourth-order valence-electron chi connectivity index (χ4n) is 3.35. The fraction of sp³-hybridized carbons (Fsp3) is 0.364. The van der Waals surface area contributed by atoms with E-state index in [9.17, 15) is 9.59 Å². The van der Waals surface area contributed by atoms with Gasteiger partial charge in [0, 0.05) is 22.9 Å². The molecule has 0 heterocycles. The number of hydrogen-bond donors (Lipinski definition) is 2. The van der Waals surface area contributed by atoms with E-state index in [2.05, 4.69) is 10.6 Å². The number of benzene rings is 2. The molecule has 2 saturated carbocycles. The van der Waals surface area contributed by atoms with Crippen LogP contribution in [0, 0.1) is 5.92 Å². The molecule has 27 heavy (non-hydrogen) atoms. The largest absolute Gasteiger partial charge is 0.490 e. The highest BCUT2D eigenvalue weighted by Crippen LogP contribution is 2.30. The third-order valence-electron chi connectivity index (χ3n) is 5.06. The van der Waals surface area contributed by atoms with Crippen LogP contribution in [0.1, 0.15) is 48.9 Å². The van der Waals surface area contributed by atoms with Crippen LogP contribution in [0.15, 0.2) is 48.5 Å². The van der Waals surface area contributed by atoms with Gasteiger partial charge in [0.15, 0.2) is 0 Å². The van der Waals surface area contributed by atoms with Gasteiger partial charge in [-0.3, -0.25) is 9.59 Å². The number of anilines is 2. The van der Waals surface area contributed by atoms with E-state index in [1.807, 2.05) is 30.3 Å². The van der Waals surface area contributed by atoms with Crippen LogP contribution in [-0.2, 0) is 4.79 Å². The lowest BCUT2D eigenvalue weighted by Gasteiger charge is -2.13. The first-order chi connectivity index (χ1) is 13.2. The quantitative estimate of drug-likeness (QED) is 0.787. The molecule has 2 aliphatic carbocycles. The molecule has 2 fully saturated rings. The molecule has 5 heteroatoms. The number of hydrogen-bond acceptors (Lipinski definition) is 3. The van der Waals surface area contributed by atoms with Crippen LogP contribution in [-0.4, -0.2) is 17.9 Å². The Morgan fingerprint density at radius 1 is 0.852 bits per heavy atom. The first-order valence-corrected chi connectivity index (χ1v) is 9.66. The van der Waals surface area contributed by atoms with E-state index in [4.69, 9.17) is 4.74 Å². The normalized spacial score (nSPS) is 16.7. The predicted octanol–water partition coefficient (Wildman–Crippen LogP) is 4.61. The third-order valence-corrected chi connectivity index (χ3v) is 5.06. The Labute approximate surface area is 159 Å². The number of nitrogens with one attached hydrogen (secondary N) is 2. The summed E-state index contributed by atoms with van der Waals surface area (Å²) in [6, 6.07) is 14.5. The second-order valence-electron chi connectivity index (χ2n) is 7.35. The Balaban J connectivity index is 1.36. The average molecular weight is 364 g/mol. The van der Waals surface area contributed by atoms with Crippen LogP contribution >= 0.6 is 0 Å². The minimum absolute atomic E-state index is 0.0522. The van der Waals surface area contributed by atoms with Gasteiger partial charge >= 0.3 is 0 Å². The molecule has 0 saturated heterocycles. The molecule has 2 aromatic carbocycles. The summed E-state index contributed by atoms with van der Waals surface area (Å²) < 4.78 is 5.93. The molecule has 2 N–H and O–H groups in total. The molecule has 0 spiro atoms. The summed E-state index contributed by atoms with van der Waals surface area (Å²) in [6.07, 6.45) is 6.90. The first kappa shape index (κ1) is 17.6. The highest BCUT2D eigenvalue weighted by atomic mass is 16.5. The molecule has 0 aliphatic heterocycles. The van der Waals surface area contributed by atoms with Crippen molar-refractivity contribution in [3.05, 3.63) is 54.1 Å². The van der Waals surface area contributed by atoms with Gasteiger partial charge < -0.3 is 15.4 Å². The summed E-state index contributed by atoms with van der Waals surface area (Å²) in [5, 5.41) is 5.77. The van der Waals surface area contributed by atoms with E-state index in [0.29, 0.717) is 23.0 Å². The minimum atomic E-state index is -0.187. The zero-order valence-corrected chi connectivity index (χ0v) is 15.2. The Hall–Kier alpha value is -2.82. The van der Waals surface area contributed by atoms with Crippen molar-refractivity contribution in [1.82, 2.24) is 0 Å². The predicted molar refractivity (Wildman–Crippen MR) is 105 cm³/mol. The molecule has 0 atom stereocenters. The van der Waals surface area contributed by atoms with Crippen LogP contribution in [0.3, 0.4) is 0 Å². The van der Waals surface area contributed by atoms with Gasteiger partial charge in [-0.2, -0.15) is 0 Å². The van der Waals surface area contributed by atoms with E-state index >= 15 is 0 Å². The summed E-state index contributed by atoms with van der Waals surface area (Å²) >= 11 is 0. The lowest BCUT2D eigenvalue weighted by Crippen LogP contribution is -2.15. The van der Waals surface area contributed by atoms with Gasteiger partial charge in [0.1, 0.15) is 5.75 Å². The lowest BCUT2D eigenvalue weighted by molar-refractivity contribution is -0.117. The van der Waals surface area contributed by atoms with E-state index in [-0.39, 0.29) is 17.7 Å². The maximum absolute atomic E-state index is 12.5. The van der Waals surface area contributed by atoms with Crippen LogP contribution in [0.4, 0.5) is 11.4 Å². The first-order valence-electron chi connectivity index (χ1n) is 9.66. The zero-order valence-electron chi connectivity index (χ0n) is 15.2. The van der Waals surface area contributed by atoms with Crippen molar-refractivity contribution in [3.8, 4) is 5.75 Å². The number of carbonyl (C=O) groups excluding carboxylic acids is 2. The Morgan fingerprint density at radius 2 is 1.52 bits per heavy atom. The molecule has 0 unspecified atom stereocenters. The van der Waals surface area contributed by atoms with Crippen molar-refractivity contribution in [2.75, 3.05) is 10.6 Å². The van der Waals surface area contributed by atoms with Crippen molar-refractivity contribution >= 4 is 23.2 Å². The summed E-state index contributed by atoms with van der Waals surface area (Å²) in [4.78, 5) is 24.4. The highest BCUT2D eigenvalue weighted by Gasteiger charge is 2.29. The Bertz CT molecular complexity index is 822. The summed E-state index contributed by atoms with van der Waals surface area (Å²) in [5.41, 5.74) is 1.92. The molecule has 0 radical (unpaired) electrons. The number of rotatable bonds is 6. The molecule has 140 valence electrons.